The molecule has 1 aliphatic heterocycles. The van der Waals surface area contributed by atoms with Crippen LogP contribution in [0.2, 0.25) is 0 Å². The normalized spacial score (nSPS) is 24.8. The number of amides is 1. The molecular weight excluding hydrogens is 294 g/mol. The Bertz CT molecular complexity index is 396. The molecule has 0 spiro atoms. The molecule has 2 rings (SSSR count). The lowest BCUT2D eigenvalue weighted by Gasteiger charge is -2.20. The number of hydrogen-bond acceptors (Lipinski definition) is 2. The Kier molecular flexibility index (Phi) is 4.78. The Hall–Kier alpha value is -0.870. The summed E-state index contributed by atoms with van der Waals surface area (Å²) in [5.74, 6) is 0.296. The van der Waals surface area contributed by atoms with E-state index in [4.69, 9.17) is 4.74 Å². The van der Waals surface area contributed by atoms with Crippen LogP contribution in [0.15, 0.2) is 30.3 Å². The van der Waals surface area contributed by atoms with Crippen molar-refractivity contribution >= 4 is 21.8 Å². The van der Waals surface area contributed by atoms with Crippen molar-refractivity contribution in [1.29, 1.82) is 0 Å². The molecule has 0 radical (unpaired) electrons. The highest BCUT2D eigenvalue weighted by molar-refractivity contribution is 9.09. The molecular formula is C14H18BrNO2. The van der Waals surface area contributed by atoms with Crippen LogP contribution >= 0.6 is 15.9 Å². The van der Waals surface area contributed by atoms with Crippen molar-refractivity contribution in [3.05, 3.63) is 35.9 Å². The van der Waals surface area contributed by atoms with Crippen LogP contribution in [-0.2, 0) is 9.53 Å². The van der Waals surface area contributed by atoms with Crippen LogP contribution in [0.3, 0.4) is 0 Å². The zero-order valence-corrected chi connectivity index (χ0v) is 12.0. The van der Waals surface area contributed by atoms with Crippen LogP contribution in [0.4, 0.5) is 0 Å². The number of halogens is 1. The number of alkyl halides is 1. The lowest BCUT2D eigenvalue weighted by atomic mass is 10.0. The molecule has 0 aliphatic carbocycles. The maximum absolute atomic E-state index is 12.1. The average Bonchev–Trinajstić information content (AvgIpc) is 2.83. The van der Waals surface area contributed by atoms with Gasteiger partial charge in [-0.3, -0.25) is 4.79 Å². The summed E-state index contributed by atoms with van der Waals surface area (Å²) in [5, 5.41) is 3.74. The minimum atomic E-state index is -0.296. The molecule has 1 saturated heterocycles. The second-order valence-corrected chi connectivity index (χ2v) is 5.33. The second-order valence-electron chi connectivity index (χ2n) is 4.68. The van der Waals surface area contributed by atoms with Gasteiger partial charge in [0.1, 0.15) is 6.10 Å². The number of hydrogen-bond donors (Lipinski definition) is 1. The molecule has 3 unspecified atom stereocenters. The fourth-order valence-corrected chi connectivity index (χ4v) is 2.72. The van der Waals surface area contributed by atoms with Crippen molar-refractivity contribution < 1.29 is 9.53 Å². The van der Waals surface area contributed by atoms with Gasteiger partial charge in [-0.25, -0.2) is 0 Å². The minimum Gasteiger partial charge on any atom is -0.368 e. The van der Waals surface area contributed by atoms with Gasteiger partial charge >= 0.3 is 0 Å². The van der Waals surface area contributed by atoms with Gasteiger partial charge in [-0.05, 0) is 17.9 Å². The predicted octanol–water partition coefficient (Wildman–Crippen LogP) is 2.66. The first-order valence-corrected chi connectivity index (χ1v) is 7.37. The first-order valence-electron chi connectivity index (χ1n) is 6.25. The minimum absolute atomic E-state index is 0.00454. The summed E-state index contributed by atoms with van der Waals surface area (Å²) in [4.78, 5) is 12.1. The van der Waals surface area contributed by atoms with Crippen molar-refractivity contribution in [2.45, 2.75) is 25.5 Å². The van der Waals surface area contributed by atoms with E-state index in [-0.39, 0.29) is 18.1 Å². The van der Waals surface area contributed by atoms with Crippen LogP contribution in [0, 0.1) is 5.92 Å². The molecule has 18 heavy (non-hydrogen) atoms. The Morgan fingerprint density at radius 2 is 2.22 bits per heavy atom. The molecule has 0 saturated carbocycles. The van der Waals surface area contributed by atoms with E-state index in [0.717, 1.165) is 12.0 Å². The summed E-state index contributed by atoms with van der Waals surface area (Å²) in [6.45, 7) is 2.74. The highest BCUT2D eigenvalue weighted by Crippen LogP contribution is 2.22. The van der Waals surface area contributed by atoms with E-state index in [1.807, 2.05) is 30.3 Å². The quantitative estimate of drug-likeness (QED) is 0.868. The first kappa shape index (κ1) is 13.6. The fraction of sp³-hybridized carbons (Fsp3) is 0.500. The Balaban J connectivity index is 2.00. The molecule has 1 heterocycles. The van der Waals surface area contributed by atoms with E-state index >= 15 is 0 Å². The summed E-state index contributed by atoms with van der Waals surface area (Å²) in [6.07, 6.45) is 0.665. The predicted molar refractivity (Wildman–Crippen MR) is 74.6 cm³/mol. The Morgan fingerprint density at radius 3 is 2.78 bits per heavy atom. The van der Waals surface area contributed by atoms with Gasteiger partial charge < -0.3 is 10.1 Å². The van der Waals surface area contributed by atoms with Crippen molar-refractivity contribution in [2.75, 3.05) is 11.9 Å². The van der Waals surface area contributed by atoms with Gasteiger partial charge in [-0.1, -0.05) is 53.2 Å². The van der Waals surface area contributed by atoms with Crippen LogP contribution in [0.25, 0.3) is 0 Å². The SMILES string of the molecule is CC1CCOC1C(=O)NC(CBr)c1ccccc1. The smallest absolute Gasteiger partial charge is 0.249 e. The van der Waals surface area contributed by atoms with Crippen LogP contribution in [0.5, 0.6) is 0 Å². The summed E-state index contributed by atoms with van der Waals surface area (Å²) < 4.78 is 5.48. The standard InChI is InChI=1S/C14H18BrNO2/c1-10-7-8-18-13(10)14(17)16-12(9-15)11-5-3-2-4-6-11/h2-6,10,12-13H,7-9H2,1H3,(H,16,17). The molecule has 0 aromatic heterocycles. The van der Waals surface area contributed by atoms with E-state index in [1.54, 1.807) is 0 Å². The lowest BCUT2D eigenvalue weighted by molar-refractivity contribution is -0.132. The maximum Gasteiger partial charge on any atom is 0.249 e. The summed E-state index contributed by atoms with van der Waals surface area (Å²) in [5.41, 5.74) is 1.10. The van der Waals surface area contributed by atoms with E-state index in [2.05, 4.69) is 28.2 Å². The third-order valence-corrected chi connectivity index (χ3v) is 3.97. The van der Waals surface area contributed by atoms with Crippen molar-refractivity contribution in [3.63, 3.8) is 0 Å². The van der Waals surface area contributed by atoms with Crippen molar-refractivity contribution in [1.82, 2.24) is 5.32 Å². The zero-order valence-electron chi connectivity index (χ0n) is 10.4. The number of ether oxygens (including phenoxy) is 1. The Labute approximate surface area is 116 Å². The van der Waals surface area contributed by atoms with E-state index < -0.39 is 0 Å². The highest BCUT2D eigenvalue weighted by Gasteiger charge is 2.31. The monoisotopic (exact) mass is 311 g/mol. The van der Waals surface area contributed by atoms with E-state index in [1.165, 1.54) is 0 Å². The number of rotatable bonds is 4. The van der Waals surface area contributed by atoms with Gasteiger partial charge in [-0.2, -0.15) is 0 Å². The van der Waals surface area contributed by atoms with Gasteiger partial charge in [0.05, 0.1) is 6.04 Å². The third-order valence-electron chi connectivity index (χ3n) is 3.32. The first-order chi connectivity index (χ1) is 8.72. The molecule has 1 amide bonds. The molecule has 3 nitrogen and oxygen atoms in total. The number of carbonyl (C=O) groups is 1. The molecule has 98 valence electrons. The number of carbonyl (C=O) groups excluding carboxylic acids is 1. The van der Waals surface area contributed by atoms with Gasteiger partial charge in [-0.15, -0.1) is 0 Å². The molecule has 1 fully saturated rings. The molecule has 3 atom stereocenters. The zero-order chi connectivity index (χ0) is 13.0. The number of benzene rings is 1. The molecule has 1 aromatic carbocycles. The third kappa shape index (κ3) is 3.12. The largest absolute Gasteiger partial charge is 0.368 e. The molecule has 0 bridgehead atoms. The van der Waals surface area contributed by atoms with Gasteiger partial charge in [0, 0.05) is 11.9 Å². The van der Waals surface area contributed by atoms with Gasteiger partial charge in [0.25, 0.3) is 0 Å². The molecule has 1 aliphatic rings. The second kappa shape index (κ2) is 6.34. The molecule has 1 aromatic rings. The van der Waals surface area contributed by atoms with Crippen molar-refractivity contribution in [2.24, 2.45) is 5.92 Å². The van der Waals surface area contributed by atoms with E-state index in [0.29, 0.717) is 17.9 Å². The summed E-state index contributed by atoms with van der Waals surface area (Å²) in [7, 11) is 0. The van der Waals surface area contributed by atoms with Gasteiger partial charge in [0.2, 0.25) is 5.91 Å². The molecule has 1 N–H and O–H groups in total. The van der Waals surface area contributed by atoms with Crippen molar-refractivity contribution in [3.8, 4) is 0 Å². The summed E-state index contributed by atoms with van der Waals surface area (Å²) >= 11 is 3.45. The topological polar surface area (TPSA) is 38.3 Å². The maximum atomic E-state index is 12.1. The molecule has 4 heteroatoms. The average molecular weight is 312 g/mol. The summed E-state index contributed by atoms with van der Waals surface area (Å²) in [6, 6.07) is 9.96. The lowest BCUT2D eigenvalue weighted by Crippen LogP contribution is -2.39. The van der Waals surface area contributed by atoms with Crippen LogP contribution < -0.4 is 5.32 Å². The van der Waals surface area contributed by atoms with E-state index in [9.17, 15) is 4.79 Å². The number of nitrogens with one attached hydrogen (secondary N) is 1. The van der Waals surface area contributed by atoms with Gasteiger partial charge in [0.15, 0.2) is 0 Å². The fourth-order valence-electron chi connectivity index (χ4n) is 2.18. The van der Waals surface area contributed by atoms with Crippen LogP contribution in [0.1, 0.15) is 24.9 Å². The highest BCUT2D eigenvalue weighted by atomic mass is 79.9. The van der Waals surface area contributed by atoms with Crippen LogP contribution in [-0.4, -0.2) is 23.9 Å². The Morgan fingerprint density at radius 1 is 1.50 bits per heavy atom.